The number of carbonyl (C=O) groups is 4. The number of rotatable bonds is 7. The van der Waals surface area contributed by atoms with Gasteiger partial charge in [0.1, 0.15) is 12.6 Å². The minimum absolute atomic E-state index is 0.145. The maximum Gasteiger partial charge on any atom is 0.409 e. The molecule has 0 aromatic carbocycles. The average molecular weight is 461 g/mol. The Balaban J connectivity index is 1.60. The van der Waals surface area contributed by atoms with E-state index >= 15 is 0 Å². The molecule has 178 valence electrons. The fourth-order valence-corrected chi connectivity index (χ4v) is 3.40. The first-order valence-electron chi connectivity index (χ1n) is 10.5. The lowest BCUT2D eigenvalue weighted by Crippen LogP contribution is -2.52. The lowest BCUT2D eigenvalue weighted by atomic mass is 10.2. The minimum atomic E-state index is -1.07. The molecule has 1 saturated heterocycles. The summed E-state index contributed by atoms with van der Waals surface area (Å²) >= 11 is 0. The number of aryl methyl sites for hydroxylation is 1. The van der Waals surface area contributed by atoms with Gasteiger partial charge in [-0.05, 0) is 20.8 Å². The topological polar surface area (TPSA) is 152 Å². The van der Waals surface area contributed by atoms with Crippen LogP contribution in [0.25, 0.3) is 0 Å². The Morgan fingerprint density at radius 1 is 1.15 bits per heavy atom. The summed E-state index contributed by atoms with van der Waals surface area (Å²) in [5.41, 5.74) is 1.15. The van der Waals surface area contributed by atoms with E-state index in [9.17, 15) is 19.2 Å². The Bertz CT molecular complexity index is 1040. The number of ether oxygens (including phenoxy) is 1. The van der Waals surface area contributed by atoms with E-state index in [0.717, 1.165) is 4.68 Å². The van der Waals surface area contributed by atoms with Gasteiger partial charge in [-0.1, -0.05) is 0 Å². The second kappa shape index (κ2) is 10.1. The summed E-state index contributed by atoms with van der Waals surface area (Å²) in [6, 6.07) is -0.609. The van der Waals surface area contributed by atoms with Crippen LogP contribution >= 0.6 is 0 Å². The highest BCUT2D eigenvalue weighted by Gasteiger charge is 2.29. The molecular formula is C20H27N7O6. The van der Waals surface area contributed by atoms with Crippen molar-refractivity contribution in [3.8, 4) is 0 Å². The molecule has 0 spiro atoms. The normalized spacial score (nSPS) is 14.6. The second-order valence-electron chi connectivity index (χ2n) is 7.57. The third-order valence-electron chi connectivity index (χ3n) is 5.23. The van der Waals surface area contributed by atoms with Crippen molar-refractivity contribution in [3.05, 3.63) is 29.8 Å². The molecule has 1 atom stereocenters. The lowest BCUT2D eigenvalue weighted by Gasteiger charge is -2.35. The van der Waals surface area contributed by atoms with Gasteiger partial charge in [0.05, 0.1) is 29.7 Å². The highest BCUT2D eigenvalue weighted by Crippen LogP contribution is 2.19. The number of nitrogens with zero attached hydrogens (tertiary/aromatic N) is 6. The van der Waals surface area contributed by atoms with Crippen molar-refractivity contribution in [2.24, 2.45) is 0 Å². The van der Waals surface area contributed by atoms with Crippen LogP contribution in [0.2, 0.25) is 0 Å². The fraction of sp³-hybridized carbons (Fsp3) is 0.500. The highest BCUT2D eigenvalue weighted by molar-refractivity contribution is 6.04. The largest absolute Gasteiger partial charge is 0.480 e. The molecule has 13 heteroatoms. The van der Waals surface area contributed by atoms with Crippen LogP contribution in [0, 0.1) is 6.92 Å². The Hall–Kier alpha value is -3.90. The number of carbonyl (C=O) groups excluding carboxylic acids is 3. The van der Waals surface area contributed by atoms with Gasteiger partial charge in [0.25, 0.3) is 5.91 Å². The third kappa shape index (κ3) is 5.67. The van der Waals surface area contributed by atoms with Crippen LogP contribution in [-0.2, 0) is 20.9 Å². The zero-order valence-corrected chi connectivity index (χ0v) is 18.7. The van der Waals surface area contributed by atoms with Gasteiger partial charge in [-0.15, -0.1) is 0 Å². The standard InChI is InChI=1S/C20H27N7O6/c1-4-33-20(32)25-7-5-24(6-8-25)19(31)14(3)27-11-16(13(2)23-27)22-18(30)15-9-21-26(10-15)12-17(28)29/h9-11,14H,4-8,12H2,1-3H3,(H,22,30)(H,28,29). The van der Waals surface area contributed by atoms with Crippen molar-refractivity contribution < 1.29 is 29.0 Å². The van der Waals surface area contributed by atoms with Gasteiger partial charge in [-0.3, -0.25) is 23.7 Å². The molecule has 2 aromatic heterocycles. The summed E-state index contributed by atoms with van der Waals surface area (Å²) in [5, 5.41) is 19.7. The van der Waals surface area contributed by atoms with Gasteiger partial charge in [-0.25, -0.2) is 4.79 Å². The smallest absolute Gasteiger partial charge is 0.409 e. The predicted molar refractivity (Wildman–Crippen MR) is 115 cm³/mol. The zero-order valence-electron chi connectivity index (χ0n) is 18.7. The second-order valence-corrected chi connectivity index (χ2v) is 7.57. The Labute approximate surface area is 189 Å². The summed E-state index contributed by atoms with van der Waals surface area (Å²) in [6.45, 7) is 6.70. The Morgan fingerprint density at radius 3 is 2.45 bits per heavy atom. The monoisotopic (exact) mass is 461 g/mol. The van der Waals surface area contributed by atoms with Crippen molar-refractivity contribution >= 4 is 29.6 Å². The van der Waals surface area contributed by atoms with Gasteiger partial charge in [0, 0.05) is 38.6 Å². The lowest BCUT2D eigenvalue weighted by molar-refractivity contribution is -0.138. The molecular weight excluding hydrogens is 434 g/mol. The minimum Gasteiger partial charge on any atom is -0.480 e. The number of hydrogen-bond acceptors (Lipinski definition) is 7. The first-order chi connectivity index (χ1) is 15.7. The molecule has 0 radical (unpaired) electrons. The number of carboxylic acids is 1. The van der Waals surface area contributed by atoms with Gasteiger partial charge >= 0.3 is 12.1 Å². The van der Waals surface area contributed by atoms with Crippen LogP contribution in [0.5, 0.6) is 0 Å². The Kier molecular flexibility index (Phi) is 7.30. The van der Waals surface area contributed by atoms with Crippen LogP contribution in [0.15, 0.2) is 18.6 Å². The molecule has 3 heterocycles. The summed E-state index contributed by atoms with van der Waals surface area (Å²) in [5.74, 6) is -1.68. The van der Waals surface area contributed by atoms with E-state index in [0.29, 0.717) is 44.2 Å². The van der Waals surface area contributed by atoms with Crippen LogP contribution < -0.4 is 5.32 Å². The van der Waals surface area contributed by atoms with E-state index in [1.807, 2.05) is 0 Å². The van der Waals surface area contributed by atoms with Crippen LogP contribution in [0.3, 0.4) is 0 Å². The van der Waals surface area contributed by atoms with E-state index in [-0.39, 0.29) is 24.1 Å². The quantitative estimate of drug-likeness (QED) is 0.608. The van der Waals surface area contributed by atoms with E-state index in [1.54, 1.807) is 36.8 Å². The number of amides is 3. The van der Waals surface area contributed by atoms with E-state index in [2.05, 4.69) is 15.5 Å². The molecule has 1 fully saturated rings. The molecule has 1 aliphatic rings. The van der Waals surface area contributed by atoms with E-state index < -0.39 is 17.9 Å². The van der Waals surface area contributed by atoms with Crippen molar-refractivity contribution in [1.29, 1.82) is 0 Å². The summed E-state index contributed by atoms with van der Waals surface area (Å²) in [7, 11) is 0. The number of aromatic nitrogens is 4. The number of aliphatic carboxylic acids is 1. The van der Waals surface area contributed by atoms with Gasteiger partial charge in [-0.2, -0.15) is 10.2 Å². The first-order valence-corrected chi connectivity index (χ1v) is 10.5. The summed E-state index contributed by atoms with van der Waals surface area (Å²) < 4.78 is 7.63. The fourth-order valence-electron chi connectivity index (χ4n) is 3.40. The van der Waals surface area contributed by atoms with Crippen LogP contribution in [-0.4, -0.2) is 91.1 Å². The van der Waals surface area contributed by atoms with Gasteiger partial charge in [0.15, 0.2) is 0 Å². The van der Waals surface area contributed by atoms with E-state index in [1.165, 1.54) is 17.1 Å². The number of anilines is 1. The number of piperazine rings is 1. The molecule has 0 saturated carbocycles. The number of hydrogen-bond donors (Lipinski definition) is 2. The molecule has 0 aliphatic carbocycles. The first kappa shape index (κ1) is 23.8. The summed E-state index contributed by atoms with van der Waals surface area (Å²) in [6.07, 6.45) is 3.81. The maximum absolute atomic E-state index is 12.9. The molecule has 0 bridgehead atoms. The molecule has 13 nitrogen and oxygen atoms in total. The number of nitrogens with one attached hydrogen (secondary N) is 1. The molecule has 33 heavy (non-hydrogen) atoms. The van der Waals surface area contributed by atoms with E-state index in [4.69, 9.17) is 9.84 Å². The van der Waals surface area contributed by atoms with Crippen molar-refractivity contribution in [3.63, 3.8) is 0 Å². The Morgan fingerprint density at radius 2 is 1.82 bits per heavy atom. The molecule has 2 N–H and O–H groups in total. The SMILES string of the molecule is CCOC(=O)N1CCN(C(=O)C(C)n2cc(NC(=O)c3cnn(CC(=O)O)c3)c(C)n2)CC1. The van der Waals surface area contributed by atoms with Crippen molar-refractivity contribution in [2.75, 3.05) is 38.1 Å². The van der Waals surface area contributed by atoms with Gasteiger partial charge in [0.2, 0.25) is 5.91 Å². The van der Waals surface area contributed by atoms with Crippen LogP contribution in [0.1, 0.15) is 35.9 Å². The number of carboxylic acid groups (broad SMARTS) is 1. The molecule has 3 rings (SSSR count). The molecule has 3 amide bonds. The van der Waals surface area contributed by atoms with Crippen molar-refractivity contribution in [1.82, 2.24) is 29.4 Å². The molecule has 2 aromatic rings. The maximum atomic E-state index is 12.9. The zero-order chi connectivity index (χ0) is 24.1. The predicted octanol–water partition coefficient (Wildman–Crippen LogP) is 0.587. The molecule has 1 aliphatic heterocycles. The average Bonchev–Trinajstić information content (AvgIpc) is 3.39. The third-order valence-corrected chi connectivity index (χ3v) is 5.23. The van der Waals surface area contributed by atoms with Crippen LogP contribution in [0.4, 0.5) is 10.5 Å². The van der Waals surface area contributed by atoms with Gasteiger partial charge < -0.3 is 25.0 Å². The van der Waals surface area contributed by atoms with Crippen molar-refractivity contribution in [2.45, 2.75) is 33.4 Å². The highest BCUT2D eigenvalue weighted by atomic mass is 16.6. The summed E-state index contributed by atoms with van der Waals surface area (Å²) in [4.78, 5) is 51.3. The molecule has 1 unspecified atom stereocenters.